The van der Waals surface area contributed by atoms with Crippen LogP contribution in [-0.2, 0) is 4.79 Å². The molecule has 0 spiro atoms. The quantitative estimate of drug-likeness (QED) is 0.580. The molecule has 0 aromatic heterocycles. The summed E-state index contributed by atoms with van der Waals surface area (Å²) in [4.78, 5) is 26.6. The van der Waals surface area contributed by atoms with Gasteiger partial charge in [-0.3, -0.25) is 9.59 Å². The lowest BCUT2D eigenvalue weighted by atomic mass is 10.2. The maximum atomic E-state index is 12.5. The summed E-state index contributed by atoms with van der Waals surface area (Å²) in [6, 6.07) is 21.8. The van der Waals surface area contributed by atoms with Crippen molar-refractivity contribution in [2.24, 2.45) is 0 Å². The van der Waals surface area contributed by atoms with Gasteiger partial charge in [-0.15, -0.1) is 0 Å². The number of fused-ring (bicyclic) bond motifs is 1. The van der Waals surface area contributed by atoms with Crippen molar-refractivity contribution in [1.29, 1.82) is 0 Å². The second-order valence-electron chi connectivity index (χ2n) is 6.64. The molecule has 0 aliphatic carbocycles. The molecule has 0 fully saturated rings. The molecule has 0 saturated heterocycles. The third kappa shape index (κ3) is 4.63. The van der Waals surface area contributed by atoms with E-state index in [0.29, 0.717) is 35.8 Å². The maximum absolute atomic E-state index is 12.5. The van der Waals surface area contributed by atoms with Gasteiger partial charge in [-0.1, -0.05) is 40.2 Å². The van der Waals surface area contributed by atoms with E-state index in [-0.39, 0.29) is 18.4 Å². The molecule has 1 heterocycles. The molecule has 0 radical (unpaired) electrons. The largest absolute Gasteiger partial charge is 0.492 e. The number of carbonyl (C=O) groups is 2. The summed E-state index contributed by atoms with van der Waals surface area (Å²) in [5, 5.41) is 2.87. The molecular formula is C23H19BrN2O4. The molecule has 4 rings (SSSR count). The lowest BCUT2D eigenvalue weighted by Crippen LogP contribution is -2.41. The number of anilines is 2. The lowest BCUT2D eigenvalue weighted by Gasteiger charge is -2.29. The average molecular weight is 467 g/mol. The van der Waals surface area contributed by atoms with Crippen molar-refractivity contribution in [3.8, 4) is 11.5 Å². The Bertz CT molecular complexity index is 1070. The molecular weight excluding hydrogens is 448 g/mol. The highest BCUT2D eigenvalue weighted by atomic mass is 79.9. The van der Waals surface area contributed by atoms with Gasteiger partial charge in [-0.2, -0.15) is 0 Å². The Hall–Kier alpha value is -3.32. The number of halogens is 1. The number of ether oxygens (including phenoxy) is 2. The van der Waals surface area contributed by atoms with Crippen LogP contribution in [0.15, 0.2) is 77.3 Å². The third-order valence-electron chi connectivity index (χ3n) is 4.57. The fourth-order valence-corrected chi connectivity index (χ4v) is 3.53. The van der Waals surface area contributed by atoms with Crippen LogP contribution in [0, 0.1) is 0 Å². The van der Waals surface area contributed by atoms with Crippen LogP contribution in [-0.4, -0.2) is 31.6 Å². The summed E-state index contributed by atoms with van der Waals surface area (Å²) in [7, 11) is 0. The Labute approximate surface area is 182 Å². The highest BCUT2D eigenvalue weighted by Gasteiger charge is 2.26. The zero-order valence-corrected chi connectivity index (χ0v) is 17.6. The molecule has 1 aliphatic rings. The van der Waals surface area contributed by atoms with Gasteiger partial charge in [0.1, 0.15) is 18.1 Å². The minimum absolute atomic E-state index is 0.0257. The SMILES string of the molecule is O=C(Nc1ccc2c(c1)N(CCOc1ccccc1)C(=O)CO2)c1cccc(Br)c1. The van der Waals surface area contributed by atoms with Gasteiger partial charge in [0.05, 0.1) is 12.2 Å². The molecule has 0 unspecified atom stereocenters. The van der Waals surface area contributed by atoms with Crippen LogP contribution in [0.5, 0.6) is 11.5 Å². The number of hydrogen-bond donors (Lipinski definition) is 1. The van der Waals surface area contributed by atoms with E-state index >= 15 is 0 Å². The van der Waals surface area contributed by atoms with Crippen LogP contribution in [0.4, 0.5) is 11.4 Å². The van der Waals surface area contributed by atoms with E-state index in [1.165, 1.54) is 0 Å². The summed E-state index contributed by atoms with van der Waals surface area (Å²) in [5.41, 5.74) is 1.71. The molecule has 0 saturated carbocycles. The average Bonchev–Trinajstić information content (AvgIpc) is 2.76. The molecule has 30 heavy (non-hydrogen) atoms. The van der Waals surface area contributed by atoms with Crippen molar-refractivity contribution in [1.82, 2.24) is 0 Å². The van der Waals surface area contributed by atoms with Crippen molar-refractivity contribution >= 4 is 39.1 Å². The van der Waals surface area contributed by atoms with E-state index in [2.05, 4.69) is 21.2 Å². The van der Waals surface area contributed by atoms with Crippen LogP contribution in [0.2, 0.25) is 0 Å². The monoisotopic (exact) mass is 466 g/mol. The summed E-state index contributed by atoms with van der Waals surface area (Å²) >= 11 is 3.37. The Kier molecular flexibility index (Phi) is 5.99. The predicted molar refractivity (Wildman–Crippen MR) is 118 cm³/mol. The molecule has 0 bridgehead atoms. The first-order chi connectivity index (χ1) is 14.6. The topological polar surface area (TPSA) is 67.9 Å². The van der Waals surface area contributed by atoms with Crippen LogP contribution in [0.25, 0.3) is 0 Å². The fraction of sp³-hybridized carbons (Fsp3) is 0.130. The van der Waals surface area contributed by atoms with Gasteiger partial charge in [0.2, 0.25) is 0 Å². The molecule has 3 aromatic rings. The van der Waals surface area contributed by atoms with Crippen molar-refractivity contribution in [2.75, 3.05) is 30.0 Å². The molecule has 1 N–H and O–H groups in total. The first kappa shape index (κ1) is 20.0. The predicted octanol–water partition coefficient (Wildman–Crippen LogP) is 4.51. The number of hydrogen-bond acceptors (Lipinski definition) is 4. The van der Waals surface area contributed by atoms with E-state index in [4.69, 9.17) is 9.47 Å². The number of benzene rings is 3. The number of nitrogens with zero attached hydrogens (tertiary/aromatic N) is 1. The fourth-order valence-electron chi connectivity index (χ4n) is 3.13. The Morgan fingerprint density at radius 1 is 1.07 bits per heavy atom. The molecule has 0 atom stereocenters. The number of nitrogens with one attached hydrogen (secondary N) is 1. The van der Waals surface area contributed by atoms with Gasteiger partial charge in [0.15, 0.2) is 6.61 Å². The number of carbonyl (C=O) groups excluding carboxylic acids is 2. The van der Waals surface area contributed by atoms with Crippen LogP contribution < -0.4 is 19.7 Å². The van der Waals surface area contributed by atoms with Crippen LogP contribution in [0.1, 0.15) is 10.4 Å². The molecule has 152 valence electrons. The van der Waals surface area contributed by atoms with Crippen molar-refractivity contribution < 1.29 is 19.1 Å². The van der Waals surface area contributed by atoms with Gasteiger partial charge in [-0.25, -0.2) is 0 Å². The van der Waals surface area contributed by atoms with Crippen molar-refractivity contribution in [2.45, 2.75) is 0 Å². The standard InChI is InChI=1S/C23H19BrN2O4/c24-17-6-4-5-16(13-17)23(28)25-18-9-10-21-20(14-18)26(22(27)15-30-21)11-12-29-19-7-2-1-3-8-19/h1-10,13-14H,11-12,15H2,(H,25,28). The zero-order chi connectivity index (χ0) is 20.9. The third-order valence-corrected chi connectivity index (χ3v) is 5.07. The smallest absolute Gasteiger partial charge is 0.265 e. The Morgan fingerprint density at radius 2 is 1.90 bits per heavy atom. The molecule has 3 aromatic carbocycles. The zero-order valence-electron chi connectivity index (χ0n) is 16.0. The number of amides is 2. The first-order valence-electron chi connectivity index (χ1n) is 9.42. The highest BCUT2D eigenvalue weighted by Crippen LogP contribution is 2.34. The van der Waals surface area contributed by atoms with Gasteiger partial charge >= 0.3 is 0 Å². The molecule has 2 amide bonds. The normalized spacial score (nSPS) is 12.7. The Balaban J connectivity index is 1.49. The molecule has 6 nitrogen and oxygen atoms in total. The second-order valence-corrected chi connectivity index (χ2v) is 7.56. The number of para-hydroxylation sites is 1. The van der Waals surface area contributed by atoms with Gasteiger partial charge < -0.3 is 19.7 Å². The second kappa shape index (κ2) is 9.00. The highest BCUT2D eigenvalue weighted by molar-refractivity contribution is 9.10. The minimum atomic E-state index is -0.238. The summed E-state index contributed by atoms with van der Waals surface area (Å²) in [6.45, 7) is 0.680. The Morgan fingerprint density at radius 3 is 2.70 bits per heavy atom. The van der Waals surface area contributed by atoms with E-state index in [0.717, 1.165) is 10.2 Å². The van der Waals surface area contributed by atoms with Gasteiger partial charge in [0.25, 0.3) is 11.8 Å². The maximum Gasteiger partial charge on any atom is 0.265 e. The van der Waals surface area contributed by atoms with Gasteiger partial charge in [0, 0.05) is 15.7 Å². The van der Waals surface area contributed by atoms with E-state index in [1.807, 2.05) is 36.4 Å². The summed E-state index contributed by atoms with van der Waals surface area (Å²) in [6.07, 6.45) is 0. The van der Waals surface area contributed by atoms with Crippen LogP contribution >= 0.6 is 15.9 Å². The molecule has 1 aliphatic heterocycles. The van der Waals surface area contributed by atoms with Crippen molar-refractivity contribution in [3.05, 3.63) is 82.8 Å². The van der Waals surface area contributed by atoms with Gasteiger partial charge in [-0.05, 0) is 48.5 Å². The summed E-state index contributed by atoms with van der Waals surface area (Å²) in [5.74, 6) is 0.941. The van der Waals surface area contributed by atoms with E-state index < -0.39 is 0 Å². The number of rotatable bonds is 6. The van der Waals surface area contributed by atoms with E-state index in [1.54, 1.807) is 41.3 Å². The van der Waals surface area contributed by atoms with Crippen LogP contribution in [0.3, 0.4) is 0 Å². The molecule has 7 heteroatoms. The summed E-state index contributed by atoms with van der Waals surface area (Å²) < 4.78 is 12.1. The van der Waals surface area contributed by atoms with E-state index in [9.17, 15) is 9.59 Å². The first-order valence-corrected chi connectivity index (χ1v) is 10.2. The minimum Gasteiger partial charge on any atom is -0.492 e. The lowest BCUT2D eigenvalue weighted by molar-refractivity contribution is -0.121. The van der Waals surface area contributed by atoms with Crippen molar-refractivity contribution in [3.63, 3.8) is 0 Å².